The molecule has 1 aromatic rings. The van der Waals surface area contributed by atoms with Crippen molar-refractivity contribution in [2.45, 2.75) is 30.7 Å². The Morgan fingerprint density at radius 1 is 1.29 bits per heavy atom. The Labute approximate surface area is 88.0 Å². The molecule has 0 aliphatic carbocycles. The van der Waals surface area contributed by atoms with Gasteiger partial charge in [-0.25, -0.2) is 0 Å². The molecule has 0 aliphatic rings. The molecule has 78 valence electrons. The van der Waals surface area contributed by atoms with E-state index in [1.165, 1.54) is 5.56 Å². The summed E-state index contributed by atoms with van der Waals surface area (Å²) in [5, 5.41) is 0. The van der Waals surface area contributed by atoms with Crippen LogP contribution in [-0.2, 0) is 17.2 Å². The van der Waals surface area contributed by atoms with Crippen molar-refractivity contribution >= 4 is 10.8 Å². The second-order valence-corrected chi connectivity index (χ2v) is 5.64. The van der Waals surface area contributed by atoms with Crippen molar-refractivity contribution in [3.8, 4) is 0 Å². The van der Waals surface area contributed by atoms with Crippen LogP contribution in [-0.4, -0.2) is 16.0 Å². The monoisotopic (exact) mass is 211 g/mol. The van der Waals surface area contributed by atoms with Gasteiger partial charge in [0.2, 0.25) is 0 Å². The van der Waals surface area contributed by atoms with Gasteiger partial charge in [0.25, 0.3) is 0 Å². The van der Waals surface area contributed by atoms with Crippen LogP contribution in [0.3, 0.4) is 0 Å². The van der Waals surface area contributed by atoms with Gasteiger partial charge in [0.15, 0.2) is 0 Å². The lowest BCUT2D eigenvalue weighted by Crippen LogP contribution is -2.34. The molecule has 0 radical (unpaired) electrons. The van der Waals surface area contributed by atoms with E-state index in [4.69, 9.17) is 5.73 Å². The highest BCUT2D eigenvalue weighted by molar-refractivity contribution is 7.84. The van der Waals surface area contributed by atoms with Gasteiger partial charge >= 0.3 is 0 Å². The van der Waals surface area contributed by atoms with Crippen LogP contribution in [0.25, 0.3) is 0 Å². The zero-order chi connectivity index (χ0) is 10.8. The lowest BCUT2D eigenvalue weighted by molar-refractivity contribution is 0.516. The fourth-order valence-corrected chi connectivity index (χ4v) is 1.84. The molecule has 0 saturated heterocycles. The first-order valence-corrected chi connectivity index (χ1v) is 6.15. The van der Waals surface area contributed by atoms with Crippen LogP contribution >= 0.6 is 0 Å². The topological polar surface area (TPSA) is 43.1 Å². The molecule has 0 aromatic heterocycles. The number of benzene rings is 1. The molecular formula is C11H17NOS. The predicted molar refractivity (Wildman–Crippen MR) is 60.7 cm³/mol. The maximum absolute atomic E-state index is 11.1. The van der Waals surface area contributed by atoms with E-state index in [-0.39, 0.29) is 5.54 Å². The molecule has 0 saturated carbocycles. The third-order valence-electron chi connectivity index (χ3n) is 1.92. The minimum Gasteiger partial charge on any atom is -0.325 e. The Kier molecular flexibility index (Phi) is 3.45. The molecule has 2 nitrogen and oxygen atoms in total. The molecule has 1 rings (SSSR count). The summed E-state index contributed by atoms with van der Waals surface area (Å²) in [7, 11) is -0.892. The number of rotatable bonds is 3. The number of nitrogens with two attached hydrogens (primary N) is 1. The second-order valence-electron chi connectivity index (χ2n) is 4.26. The van der Waals surface area contributed by atoms with Crippen molar-refractivity contribution < 1.29 is 4.21 Å². The SMILES string of the molecule is C[S@](=O)c1ccc(CC(C)(C)N)cc1. The van der Waals surface area contributed by atoms with Crippen molar-refractivity contribution in [3.05, 3.63) is 29.8 Å². The van der Waals surface area contributed by atoms with E-state index in [1.807, 2.05) is 38.1 Å². The van der Waals surface area contributed by atoms with Crippen LogP contribution in [0.5, 0.6) is 0 Å². The van der Waals surface area contributed by atoms with Crippen LogP contribution in [0.4, 0.5) is 0 Å². The van der Waals surface area contributed by atoms with Gasteiger partial charge in [0.05, 0.1) is 0 Å². The fraction of sp³-hybridized carbons (Fsp3) is 0.455. The summed E-state index contributed by atoms with van der Waals surface area (Å²) in [6.45, 7) is 4.00. The van der Waals surface area contributed by atoms with Gasteiger partial charge in [0, 0.05) is 27.5 Å². The van der Waals surface area contributed by atoms with Gasteiger partial charge in [0.1, 0.15) is 0 Å². The van der Waals surface area contributed by atoms with Crippen LogP contribution in [0.1, 0.15) is 19.4 Å². The first-order valence-electron chi connectivity index (χ1n) is 4.60. The molecule has 3 heteroatoms. The van der Waals surface area contributed by atoms with E-state index in [2.05, 4.69) is 0 Å². The smallest absolute Gasteiger partial charge is 0.0498 e. The average molecular weight is 211 g/mol. The molecule has 0 spiro atoms. The summed E-state index contributed by atoms with van der Waals surface area (Å²) in [6.07, 6.45) is 2.52. The minimum absolute atomic E-state index is 0.188. The zero-order valence-corrected chi connectivity index (χ0v) is 9.73. The highest BCUT2D eigenvalue weighted by Gasteiger charge is 2.11. The van der Waals surface area contributed by atoms with E-state index >= 15 is 0 Å². The summed E-state index contributed by atoms with van der Waals surface area (Å²) in [6, 6.07) is 7.78. The lowest BCUT2D eigenvalue weighted by Gasteiger charge is -2.18. The standard InChI is InChI=1S/C11H17NOS/c1-11(2,12)8-9-4-6-10(7-5-9)14(3)13/h4-7H,8,12H2,1-3H3/t14-/m0/s1. The van der Waals surface area contributed by atoms with Crippen molar-refractivity contribution in [2.75, 3.05) is 6.26 Å². The molecule has 0 amide bonds. The summed E-state index contributed by atoms with van der Waals surface area (Å²) in [5.41, 5.74) is 6.90. The molecular weight excluding hydrogens is 194 g/mol. The molecule has 1 atom stereocenters. The highest BCUT2D eigenvalue weighted by Crippen LogP contribution is 2.12. The first-order chi connectivity index (χ1) is 6.38. The molecule has 0 aliphatic heterocycles. The maximum atomic E-state index is 11.1. The molecule has 1 aromatic carbocycles. The summed E-state index contributed by atoms with van der Waals surface area (Å²) >= 11 is 0. The van der Waals surface area contributed by atoms with Gasteiger partial charge in [-0.2, -0.15) is 0 Å². The van der Waals surface area contributed by atoms with E-state index in [0.29, 0.717) is 0 Å². The van der Waals surface area contributed by atoms with Gasteiger partial charge in [-0.3, -0.25) is 4.21 Å². The summed E-state index contributed by atoms with van der Waals surface area (Å²) < 4.78 is 11.1. The van der Waals surface area contributed by atoms with Crippen LogP contribution in [0.15, 0.2) is 29.2 Å². The normalized spacial score (nSPS) is 14.0. The Balaban J connectivity index is 2.79. The Hall–Kier alpha value is -0.670. The minimum atomic E-state index is -0.892. The van der Waals surface area contributed by atoms with Gasteiger partial charge in [-0.15, -0.1) is 0 Å². The number of hydrogen-bond donors (Lipinski definition) is 1. The van der Waals surface area contributed by atoms with Gasteiger partial charge < -0.3 is 5.73 Å². The summed E-state index contributed by atoms with van der Waals surface area (Å²) in [5.74, 6) is 0. The molecule has 0 unspecified atom stereocenters. The number of hydrogen-bond acceptors (Lipinski definition) is 2. The molecule has 14 heavy (non-hydrogen) atoms. The molecule has 2 N–H and O–H groups in total. The van der Waals surface area contributed by atoms with E-state index < -0.39 is 10.8 Å². The van der Waals surface area contributed by atoms with Crippen molar-refractivity contribution in [3.63, 3.8) is 0 Å². The largest absolute Gasteiger partial charge is 0.325 e. The Bertz CT molecular complexity index is 324. The van der Waals surface area contributed by atoms with E-state index in [1.54, 1.807) is 6.26 Å². The average Bonchev–Trinajstić information content (AvgIpc) is 2.02. The fourth-order valence-electron chi connectivity index (χ4n) is 1.33. The van der Waals surface area contributed by atoms with Crippen molar-refractivity contribution in [1.82, 2.24) is 0 Å². The van der Waals surface area contributed by atoms with Gasteiger partial charge in [-0.05, 0) is 38.0 Å². The van der Waals surface area contributed by atoms with Crippen LogP contribution < -0.4 is 5.73 Å². The van der Waals surface area contributed by atoms with Crippen LogP contribution in [0, 0.1) is 0 Å². The lowest BCUT2D eigenvalue weighted by atomic mass is 9.96. The van der Waals surface area contributed by atoms with E-state index in [0.717, 1.165) is 11.3 Å². The molecule has 0 fully saturated rings. The highest BCUT2D eigenvalue weighted by atomic mass is 32.2. The summed E-state index contributed by atoms with van der Waals surface area (Å²) in [4.78, 5) is 0.864. The van der Waals surface area contributed by atoms with E-state index in [9.17, 15) is 4.21 Å². The third kappa shape index (κ3) is 3.60. The molecule has 0 heterocycles. The third-order valence-corrected chi connectivity index (χ3v) is 2.85. The maximum Gasteiger partial charge on any atom is 0.0498 e. The quantitative estimate of drug-likeness (QED) is 0.827. The Morgan fingerprint density at radius 2 is 1.79 bits per heavy atom. The molecule has 0 bridgehead atoms. The Morgan fingerprint density at radius 3 is 2.14 bits per heavy atom. The predicted octanol–water partition coefficient (Wildman–Crippen LogP) is 1.70. The van der Waals surface area contributed by atoms with Crippen molar-refractivity contribution in [2.24, 2.45) is 5.73 Å². The second kappa shape index (κ2) is 4.24. The van der Waals surface area contributed by atoms with Crippen molar-refractivity contribution in [1.29, 1.82) is 0 Å². The van der Waals surface area contributed by atoms with Crippen LogP contribution in [0.2, 0.25) is 0 Å². The zero-order valence-electron chi connectivity index (χ0n) is 8.91. The van der Waals surface area contributed by atoms with Gasteiger partial charge in [-0.1, -0.05) is 12.1 Å². The first kappa shape index (κ1) is 11.4.